The number of pyridine rings is 1. The first-order valence-corrected chi connectivity index (χ1v) is 8.48. The van der Waals surface area contributed by atoms with Crippen LogP contribution in [0.15, 0.2) is 12.1 Å². The quantitative estimate of drug-likeness (QED) is 0.784. The Bertz CT molecular complexity index is 644. The monoisotopic (exact) mass is 314 g/mol. The lowest BCUT2D eigenvalue weighted by molar-refractivity contribution is 0.0198. The number of hydrogen-bond acceptors (Lipinski definition) is 3. The summed E-state index contributed by atoms with van der Waals surface area (Å²) in [4.78, 5) is 18.9. The van der Waals surface area contributed by atoms with Crippen molar-refractivity contribution < 1.29 is 9.53 Å². The predicted molar refractivity (Wildman–Crippen MR) is 91.5 cm³/mol. The van der Waals surface area contributed by atoms with Gasteiger partial charge in [0.25, 0.3) is 0 Å². The number of hydrogen-bond donors (Lipinski definition) is 0. The van der Waals surface area contributed by atoms with Crippen molar-refractivity contribution in [3.8, 4) is 0 Å². The number of rotatable bonds is 1. The van der Waals surface area contributed by atoms with Gasteiger partial charge in [0.2, 0.25) is 0 Å². The molecule has 1 unspecified atom stereocenters. The first-order chi connectivity index (χ1) is 10.8. The van der Waals surface area contributed by atoms with Crippen molar-refractivity contribution >= 4 is 12.2 Å². The molecule has 1 aliphatic carbocycles. The molecule has 1 saturated heterocycles. The highest BCUT2D eigenvalue weighted by Crippen LogP contribution is 2.34. The zero-order valence-corrected chi connectivity index (χ0v) is 14.6. The number of aryl methyl sites for hydroxylation is 1. The fourth-order valence-electron chi connectivity index (χ4n) is 3.49. The standard InChI is InChI=1S/C19H26N2O2/c1-13-11-16(15-8-5-9-17(15)20-13)14-7-6-10-21(12-14)18(22)23-19(2,3)4/h5,9,11,14H,6-8,10,12H2,1-4H3. The third-order valence-corrected chi connectivity index (χ3v) is 4.43. The number of carbonyl (C=O) groups excluding carboxylic acids is 1. The van der Waals surface area contributed by atoms with Crippen molar-refractivity contribution in [2.75, 3.05) is 13.1 Å². The third-order valence-electron chi connectivity index (χ3n) is 4.43. The first kappa shape index (κ1) is 16.0. The van der Waals surface area contributed by atoms with Gasteiger partial charge in [-0.15, -0.1) is 0 Å². The molecule has 0 spiro atoms. The van der Waals surface area contributed by atoms with E-state index in [1.54, 1.807) is 0 Å². The Morgan fingerprint density at radius 3 is 2.91 bits per heavy atom. The van der Waals surface area contributed by atoms with Gasteiger partial charge in [0.05, 0.1) is 5.69 Å². The Labute approximate surface area is 138 Å². The van der Waals surface area contributed by atoms with Crippen LogP contribution in [0.2, 0.25) is 0 Å². The highest BCUT2D eigenvalue weighted by Gasteiger charge is 2.30. The number of nitrogens with zero attached hydrogens (tertiary/aromatic N) is 2. The highest BCUT2D eigenvalue weighted by molar-refractivity contribution is 5.68. The molecule has 1 aliphatic heterocycles. The number of aromatic nitrogens is 1. The van der Waals surface area contributed by atoms with Gasteiger partial charge < -0.3 is 9.64 Å². The Balaban J connectivity index is 1.79. The Hall–Kier alpha value is -1.84. The number of carbonyl (C=O) groups is 1. The molecule has 1 atom stereocenters. The predicted octanol–water partition coefficient (Wildman–Crippen LogP) is 4.07. The molecule has 3 rings (SSSR count). The van der Waals surface area contributed by atoms with Crippen molar-refractivity contribution in [3.05, 3.63) is 34.7 Å². The molecule has 0 bridgehead atoms. The number of fused-ring (bicyclic) bond motifs is 1. The Morgan fingerprint density at radius 1 is 1.39 bits per heavy atom. The molecule has 23 heavy (non-hydrogen) atoms. The molecule has 1 amide bonds. The lowest BCUT2D eigenvalue weighted by Gasteiger charge is -2.35. The van der Waals surface area contributed by atoms with Crippen molar-refractivity contribution in [2.45, 2.75) is 58.5 Å². The number of likely N-dealkylation sites (tertiary alicyclic amines) is 1. The van der Waals surface area contributed by atoms with Crippen LogP contribution in [0.3, 0.4) is 0 Å². The lowest BCUT2D eigenvalue weighted by Crippen LogP contribution is -2.42. The van der Waals surface area contributed by atoms with Gasteiger partial charge in [0.1, 0.15) is 5.60 Å². The van der Waals surface area contributed by atoms with E-state index in [-0.39, 0.29) is 6.09 Å². The number of allylic oxidation sites excluding steroid dienone is 1. The van der Waals surface area contributed by atoms with E-state index in [4.69, 9.17) is 4.74 Å². The van der Waals surface area contributed by atoms with Crippen LogP contribution in [0, 0.1) is 6.92 Å². The van der Waals surface area contributed by atoms with E-state index in [0.717, 1.165) is 43.7 Å². The van der Waals surface area contributed by atoms with E-state index >= 15 is 0 Å². The van der Waals surface area contributed by atoms with Crippen molar-refractivity contribution in [2.24, 2.45) is 0 Å². The number of amides is 1. The van der Waals surface area contributed by atoms with Gasteiger partial charge >= 0.3 is 6.09 Å². The summed E-state index contributed by atoms with van der Waals surface area (Å²) in [6.45, 7) is 9.32. The van der Waals surface area contributed by atoms with E-state index in [0.29, 0.717) is 5.92 Å². The van der Waals surface area contributed by atoms with Crippen LogP contribution >= 0.6 is 0 Å². The Kier molecular flexibility index (Phi) is 4.17. The van der Waals surface area contributed by atoms with Crippen LogP contribution in [0.4, 0.5) is 4.79 Å². The summed E-state index contributed by atoms with van der Waals surface area (Å²) in [6.07, 6.45) is 7.20. The fourth-order valence-corrected chi connectivity index (χ4v) is 3.49. The van der Waals surface area contributed by atoms with E-state index in [9.17, 15) is 4.79 Å². The van der Waals surface area contributed by atoms with Crippen molar-refractivity contribution in [1.82, 2.24) is 9.88 Å². The third kappa shape index (κ3) is 3.57. The molecule has 124 valence electrons. The minimum atomic E-state index is -0.442. The molecule has 2 heterocycles. The molecule has 2 aliphatic rings. The zero-order chi connectivity index (χ0) is 16.6. The summed E-state index contributed by atoms with van der Waals surface area (Å²) in [5.74, 6) is 0.381. The van der Waals surface area contributed by atoms with Gasteiger partial charge in [-0.3, -0.25) is 4.98 Å². The molecule has 0 radical (unpaired) electrons. The minimum absolute atomic E-state index is 0.192. The maximum Gasteiger partial charge on any atom is 0.410 e. The summed E-state index contributed by atoms with van der Waals surface area (Å²) < 4.78 is 5.54. The average molecular weight is 314 g/mol. The SMILES string of the molecule is Cc1cc(C2CCCN(C(=O)OC(C)(C)C)C2)c2c(n1)C=CC2. The molecule has 1 fully saturated rings. The smallest absolute Gasteiger partial charge is 0.410 e. The topological polar surface area (TPSA) is 42.4 Å². The summed E-state index contributed by atoms with van der Waals surface area (Å²) in [5.41, 5.74) is 4.43. The van der Waals surface area contributed by atoms with Gasteiger partial charge in [-0.2, -0.15) is 0 Å². The normalized spacial score (nSPS) is 20.5. The van der Waals surface area contributed by atoms with Gasteiger partial charge in [-0.1, -0.05) is 6.08 Å². The van der Waals surface area contributed by atoms with E-state index in [2.05, 4.69) is 23.2 Å². The average Bonchev–Trinajstić information content (AvgIpc) is 2.92. The van der Waals surface area contributed by atoms with Gasteiger partial charge in [-0.05, 0) is 70.2 Å². The summed E-state index contributed by atoms with van der Waals surface area (Å²) >= 11 is 0. The Morgan fingerprint density at radius 2 is 2.17 bits per heavy atom. The second-order valence-electron chi connectivity index (χ2n) is 7.59. The number of ether oxygens (including phenoxy) is 1. The molecular formula is C19H26N2O2. The summed E-state index contributed by atoms with van der Waals surface area (Å²) in [5, 5.41) is 0. The molecular weight excluding hydrogens is 288 g/mol. The second-order valence-corrected chi connectivity index (χ2v) is 7.59. The van der Waals surface area contributed by atoms with Gasteiger partial charge in [0.15, 0.2) is 0 Å². The number of piperidine rings is 1. The second kappa shape index (κ2) is 5.99. The van der Waals surface area contributed by atoms with Gasteiger partial charge in [0, 0.05) is 24.7 Å². The van der Waals surface area contributed by atoms with Crippen LogP contribution < -0.4 is 0 Å². The van der Waals surface area contributed by atoms with E-state index < -0.39 is 5.60 Å². The molecule has 1 aromatic rings. The van der Waals surface area contributed by atoms with Gasteiger partial charge in [-0.25, -0.2) is 4.79 Å². The molecule has 4 nitrogen and oxygen atoms in total. The van der Waals surface area contributed by atoms with E-state index in [1.165, 1.54) is 11.1 Å². The zero-order valence-electron chi connectivity index (χ0n) is 14.6. The first-order valence-electron chi connectivity index (χ1n) is 8.48. The maximum absolute atomic E-state index is 12.4. The molecule has 1 aromatic heterocycles. The summed E-state index contributed by atoms with van der Waals surface area (Å²) in [7, 11) is 0. The highest BCUT2D eigenvalue weighted by atomic mass is 16.6. The maximum atomic E-state index is 12.4. The molecule has 0 aromatic carbocycles. The van der Waals surface area contributed by atoms with Crippen LogP contribution in [-0.4, -0.2) is 34.7 Å². The minimum Gasteiger partial charge on any atom is -0.444 e. The largest absolute Gasteiger partial charge is 0.444 e. The molecule has 4 heteroatoms. The van der Waals surface area contributed by atoms with Crippen LogP contribution in [0.1, 0.15) is 62.0 Å². The molecule has 0 saturated carbocycles. The van der Waals surface area contributed by atoms with Crippen LogP contribution in [0.25, 0.3) is 6.08 Å². The van der Waals surface area contributed by atoms with Crippen LogP contribution in [0.5, 0.6) is 0 Å². The van der Waals surface area contributed by atoms with Crippen molar-refractivity contribution in [1.29, 1.82) is 0 Å². The lowest BCUT2D eigenvalue weighted by atomic mass is 9.87. The molecule has 0 N–H and O–H groups in total. The summed E-state index contributed by atoms with van der Waals surface area (Å²) in [6, 6.07) is 2.20. The fraction of sp³-hybridized carbons (Fsp3) is 0.579. The van der Waals surface area contributed by atoms with Crippen molar-refractivity contribution in [3.63, 3.8) is 0 Å². The van der Waals surface area contributed by atoms with E-state index in [1.807, 2.05) is 32.6 Å². The van der Waals surface area contributed by atoms with Crippen LogP contribution in [-0.2, 0) is 11.2 Å².